The van der Waals surface area contributed by atoms with E-state index in [1.165, 1.54) is 5.56 Å². The minimum Gasteiger partial charge on any atom is -0.497 e. The summed E-state index contributed by atoms with van der Waals surface area (Å²) in [6.45, 7) is 5.17. The molecule has 4 rings (SSSR count). The average Bonchev–Trinajstić information content (AvgIpc) is 3.16. The van der Waals surface area contributed by atoms with Gasteiger partial charge in [-0.3, -0.25) is 0 Å². The zero-order chi connectivity index (χ0) is 18.6. The fraction of sp³-hybridized carbons (Fsp3) is 0.421. The highest BCUT2D eigenvalue weighted by Gasteiger charge is 2.20. The number of rotatable bonds is 6. The van der Waals surface area contributed by atoms with Crippen molar-refractivity contribution in [3.8, 4) is 5.75 Å². The lowest BCUT2D eigenvalue weighted by Crippen LogP contribution is -2.37. The maximum atomic E-state index is 5.49. The molecule has 2 aromatic heterocycles. The highest BCUT2D eigenvalue weighted by Crippen LogP contribution is 2.28. The van der Waals surface area contributed by atoms with Gasteiger partial charge in [0.15, 0.2) is 16.6 Å². The van der Waals surface area contributed by atoms with Gasteiger partial charge in [0.25, 0.3) is 0 Å². The molecule has 0 saturated carbocycles. The lowest BCUT2D eigenvalue weighted by molar-refractivity contribution is 0.122. The maximum Gasteiger partial charge on any atom is 0.192 e. The first-order chi connectivity index (χ1) is 13.3. The summed E-state index contributed by atoms with van der Waals surface area (Å²) in [5.74, 6) is 3.52. The summed E-state index contributed by atoms with van der Waals surface area (Å²) in [4.78, 5) is 19.8. The molecule has 0 bridgehead atoms. The number of aromatic nitrogens is 4. The second-order valence-electron chi connectivity index (χ2n) is 6.30. The van der Waals surface area contributed by atoms with E-state index in [4.69, 9.17) is 14.5 Å². The van der Waals surface area contributed by atoms with Crippen molar-refractivity contribution in [2.75, 3.05) is 38.3 Å². The van der Waals surface area contributed by atoms with Crippen LogP contribution in [0.4, 0.5) is 5.82 Å². The first-order valence-corrected chi connectivity index (χ1v) is 10.1. The van der Waals surface area contributed by atoms with Crippen LogP contribution in [-0.4, -0.2) is 53.3 Å². The van der Waals surface area contributed by atoms with Gasteiger partial charge in [0.05, 0.1) is 20.3 Å². The molecule has 3 aromatic rings. The lowest BCUT2D eigenvalue weighted by atomic mass is 10.2. The number of H-pyrrole nitrogens is 1. The van der Waals surface area contributed by atoms with Crippen molar-refractivity contribution in [2.24, 2.45) is 0 Å². The summed E-state index contributed by atoms with van der Waals surface area (Å²) in [5, 5.41) is 0.744. The predicted molar refractivity (Wildman–Crippen MR) is 107 cm³/mol. The Labute approximate surface area is 162 Å². The number of methoxy groups -OCH3 is 1. The topological polar surface area (TPSA) is 76.2 Å². The Balaban J connectivity index is 1.61. The molecule has 1 fully saturated rings. The fourth-order valence-electron chi connectivity index (χ4n) is 3.02. The molecule has 142 valence electrons. The lowest BCUT2D eigenvalue weighted by Gasteiger charge is -2.28. The molecule has 0 radical (unpaired) electrons. The molecule has 1 aliphatic rings. The Bertz CT molecular complexity index is 906. The van der Waals surface area contributed by atoms with Crippen molar-refractivity contribution >= 4 is 28.7 Å². The normalized spacial score (nSPS) is 14.7. The number of nitrogens with zero attached hydrogens (tertiary/aromatic N) is 4. The number of nitrogens with one attached hydrogen (secondary N) is 1. The van der Waals surface area contributed by atoms with Crippen molar-refractivity contribution in [2.45, 2.75) is 24.3 Å². The largest absolute Gasteiger partial charge is 0.497 e. The first-order valence-electron chi connectivity index (χ1n) is 9.12. The Kier molecular flexibility index (Phi) is 5.45. The van der Waals surface area contributed by atoms with Gasteiger partial charge in [0.2, 0.25) is 0 Å². The standard InChI is InChI=1S/C19H23N5O2S/c1-3-15-20-16-17(21-15)22-19(23-18(16)24-8-10-26-11-9-24)27-12-13-4-6-14(25-2)7-5-13/h4-7H,3,8-12H2,1-2H3,(H,20,21,22,23). The Morgan fingerprint density at radius 3 is 2.63 bits per heavy atom. The van der Waals surface area contributed by atoms with Crippen LogP contribution in [0.5, 0.6) is 5.75 Å². The van der Waals surface area contributed by atoms with Crippen molar-refractivity contribution < 1.29 is 9.47 Å². The highest BCUT2D eigenvalue weighted by atomic mass is 32.2. The summed E-state index contributed by atoms with van der Waals surface area (Å²) < 4.78 is 10.7. The summed E-state index contributed by atoms with van der Waals surface area (Å²) in [6, 6.07) is 8.08. The van der Waals surface area contributed by atoms with Gasteiger partial charge in [0, 0.05) is 25.3 Å². The quantitative estimate of drug-likeness (QED) is 0.516. The van der Waals surface area contributed by atoms with Gasteiger partial charge in [0.1, 0.15) is 17.1 Å². The van der Waals surface area contributed by atoms with Crippen LogP contribution in [0.3, 0.4) is 0 Å². The van der Waals surface area contributed by atoms with Crippen LogP contribution >= 0.6 is 11.8 Å². The SMILES string of the molecule is CCc1nc2nc(SCc3ccc(OC)cc3)nc(N3CCOCC3)c2[nH]1. The Hall–Kier alpha value is -2.32. The zero-order valence-electron chi connectivity index (χ0n) is 15.6. The Morgan fingerprint density at radius 2 is 1.93 bits per heavy atom. The van der Waals surface area contributed by atoms with Gasteiger partial charge < -0.3 is 19.4 Å². The van der Waals surface area contributed by atoms with Crippen LogP contribution in [0.1, 0.15) is 18.3 Å². The number of thioether (sulfide) groups is 1. The van der Waals surface area contributed by atoms with Crippen LogP contribution in [0, 0.1) is 0 Å². The van der Waals surface area contributed by atoms with Crippen LogP contribution in [-0.2, 0) is 16.9 Å². The van der Waals surface area contributed by atoms with E-state index in [0.29, 0.717) is 13.2 Å². The van der Waals surface area contributed by atoms with Gasteiger partial charge in [-0.05, 0) is 17.7 Å². The average molecular weight is 385 g/mol. The number of morpholine rings is 1. The second kappa shape index (κ2) is 8.14. The molecule has 0 unspecified atom stereocenters. The number of benzene rings is 1. The van der Waals surface area contributed by atoms with Crippen LogP contribution in [0.25, 0.3) is 11.2 Å². The molecular formula is C19H23N5O2S. The third kappa shape index (κ3) is 4.01. The molecule has 3 heterocycles. The van der Waals surface area contributed by atoms with Crippen molar-refractivity contribution in [1.29, 1.82) is 0 Å². The minimum atomic E-state index is 0.717. The number of aryl methyl sites for hydroxylation is 1. The molecule has 1 aliphatic heterocycles. The molecule has 0 spiro atoms. The van der Waals surface area contributed by atoms with Crippen LogP contribution < -0.4 is 9.64 Å². The van der Waals surface area contributed by atoms with E-state index in [9.17, 15) is 0 Å². The predicted octanol–water partition coefficient (Wildman–Crippen LogP) is 3.05. The minimum absolute atomic E-state index is 0.717. The number of ether oxygens (including phenoxy) is 2. The highest BCUT2D eigenvalue weighted by molar-refractivity contribution is 7.98. The van der Waals surface area contributed by atoms with E-state index in [-0.39, 0.29) is 0 Å². The molecule has 0 atom stereocenters. The molecule has 1 N–H and O–H groups in total. The fourth-order valence-corrected chi connectivity index (χ4v) is 3.81. The van der Waals surface area contributed by atoms with Gasteiger partial charge in [-0.25, -0.2) is 15.0 Å². The summed E-state index contributed by atoms with van der Waals surface area (Å²) in [6.07, 6.45) is 0.841. The smallest absolute Gasteiger partial charge is 0.192 e. The molecule has 0 amide bonds. The number of hydrogen-bond acceptors (Lipinski definition) is 7. The third-order valence-corrected chi connectivity index (χ3v) is 5.45. The van der Waals surface area contributed by atoms with E-state index in [1.54, 1.807) is 18.9 Å². The van der Waals surface area contributed by atoms with E-state index in [2.05, 4.69) is 38.9 Å². The number of imidazole rings is 1. The summed E-state index contributed by atoms with van der Waals surface area (Å²) >= 11 is 1.62. The molecular weight excluding hydrogens is 362 g/mol. The van der Waals surface area contributed by atoms with E-state index < -0.39 is 0 Å². The van der Waals surface area contributed by atoms with Gasteiger partial charge >= 0.3 is 0 Å². The number of aromatic amines is 1. The molecule has 8 heteroatoms. The maximum absolute atomic E-state index is 5.49. The summed E-state index contributed by atoms with van der Waals surface area (Å²) in [7, 11) is 1.68. The van der Waals surface area contributed by atoms with Crippen molar-refractivity contribution in [1.82, 2.24) is 19.9 Å². The second-order valence-corrected chi connectivity index (χ2v) is 7.24. The number of hydrogen-bond donors (Lipinski definition) is 1. The molecule has 27 heavy (non-hydrogen) atoms. The Morgan fingerprint density at radius 1 is 1.15 bits per heavy atom. The van der Waals surface area contributed by atoms with Gasteiger partial charge in [-0.2, -0.15) is 0 Å². The molecule has 7 nitrogen and oxygen atoms in total. The van der Waals surface area contributed by atoms with Crippen LogP contribution in [0.15, 0.2) is 29.4 Å². The monoisotopic (exact) mass is 385 g/mol. The first kappa shape index (κ1) is 18.1. The summed E-state index contributed by atoms with van der Waals surface area (Å²) in [5.41, 5.74) is 2.86. The van der Waals surface area contributed by atoms with Gasteiger partial charge in [-0.15, -0.1) is 0 Å². The van der Waals surface area contributed by atoms with Crippen molar-refractivity contribution in [3.05, 3.63) is 35.7 Å². The zero-order valence-corrected chi connectivity index (χ0v) is 16.4. The van der Waals surface area contributed by atoms with Crippen LogP contribution in [0.2, 0.25) is 0 Å². The molecule has 1 saturated heterocycles. The van der Waals surface area contributed by atoms with Crippen molar-refractivity contribution in [3.63, 3.8) is 0 Å². The molecule has 0 aliphatic carbocycles. The van der Waals surface area contributed by atoms with E-state index in [1.807, 2.05) is 12.1 Å². The molecule has 1 aromatic carbocycles. The van der Waals surface area contributed by atoms with Gasteiger partial charge in [-0.1, -0.05) is 30.8 Å². The third-order valence-electron chi connectivity index (χ3n) is 4.53. The van der Waals surface area contributed by atoms with E-state index >= 15 is 0 Å². The number of fused-ring (bicyclic) bond motifs is 1. The number of anilines is 1. The van der Waals surface area contributed by atoms with E-state index in [0.717, 1.165) is 59.0 Å².